The molecule has 6 heteroatoms. The van der Waals surface area contributed by atoms with Gasteiger partial charge in [-0.05, 0) is 18.9 Å². The second kappa shape index (κ2) is 7.56. The molecule has 0 unspecified atom stereocenters. The van der Waals surface area contributed by atoms with Gasteiger partial charge in [0.15, 0.2) is 0 Å². The lowest BCUT2D eigenvalue weighted by molar-refractivity contribution is 0.266. The van der Waals surface area contributed by atoms with Crippen LogP contribution in [0.15, 0.2) is 41.1 Å². The van der Waals surface area contributed by atoms with Crippen LogP contribution < -0.4 is 9.80 Å². The third kappa shape index (κ3) is 3.37. The number of furan rings is 1. The fourth-order valence-electron chi connectivity index (χ4n) is 3.96. The molecule has 0 bridgehead atoms. The molecule has 1 aliphatic rings. The van der Waals surface area contributed by atoms with Gasteiger partial charge >= 0.3 is 0 Å². The zero-order valence-corrected chi connectivity index (χ0v) is 15.9. The van der Waals surface area contributed by atoms with Gasteiger partial charge in [-0.2, -0.15) is 0 Å². The minimum Gasteiger partial charge on any atom is -0.461 e. The van der Waals surface area contributed by atoms with Gasteiger partial charge in [0.05, 0.1) is 12.6 Å². The van der Waals surface area contributed by atoms with Crippen molar-refractivity contribution in [1.29, 1.82) is 0 Å². The van der Waals surface area contributed by atoms with Gasteiger partial charge in [0.25, 0.3) is 0 Å². The van der Waals surface area contributed by atoms with E-state index >= 15 is 0 Å². The van der Waals surface area contributed by atoms with Gasteiger partial charge in [0.1, 0.15) is 29.3 Å². The molecule has 0 radical (unpaired) electrons. The Kier molecular flexibility index (Phi) is 4.99. The minimum absolute atomic E-state index is 0.155. The minimum atomic E-state index is 0.155. The van der Waals surface area contributed by atoms with E-state index in [2.05, 4.69) is 32.8 Å². The largest absolute Gasteiger partial charge is 0.461 e. The van der Waals surface area contributed by atoms with Gasteiger partial charge < -0.3 is 19.3 Å². The molecule has 4 rings (SSSR count). The highest BCUT2D eigenvalue weighted by Gasteiger charge is 2.25. The summed E-state index contributed by atoms with van der Waals surface area (Å²) >= 11 is 0. The van der Waals surface area contributed by atoms with Crippen LogP contribution in [0.4, 0.5) is 11.6 Å². The molecule has 27 heavy (non-hydrogen) atoms. The smallest absolute Gasteiger partial charge is 0.134 e. The maximum atomic E-state index is 9.60. The normalized spacial score (nSPS) is 17.0. The SMILES string of the molecule is CCc1oc2ccccc2c1CN(C)c1cc(N2CCC[C@@H]2CO)ncn1. The molecule has 1 fully saturated rings. The monoisotopic (exact) mass is 366 g/mol. The van der Waals surface area contributed by atoms with E-state index in [-0.39, 0.29) is 12.6 Å². The Labute approximate surface area is 159 Å². The van der Waals surface area contributed by atoms with Gasteiger partial charge in [-0.1, -0.05) is 25.1 Å². The molecule has 1 saturated heterocycles. The van der Waals surface area contributed by atoms with Crippen molar-refractivity contribution >= 4 is 22.6 Å². The van der Waals surface area contributed by atoms with Gasteiger partial charge in [0.2, 0.25) is 0 Å². The molecule has 1 atom stereocenters. The number of hydrogen-bond acceptors (Lipinski definition) is 6. The van der Waals surface area contributed by atoms with Crippen LogP contribution in [0.2, 0.25) is 0 Å². The van der Waals surface area contributed by atoms with Gasteiger partial charge in [-0.15, -0.1) is 0 Å². The van der Waals surface area contributed by atoms with Crippen LogP contribution in [0.5, 0.6) is 0 Å². The summed E-state index contributed by atoms with van der Waals surface area (Å²) < 4.78 is 6.02. The van der Waals surface area contributed by atoms with Crippen LogP contribution in [0.25, 0.3) is 11.0 Å². The molecule has 0 saturated carbocycles. The van der Waals surface area contributed by atoms with E-state index in [0.29, 0.717) is 0 Å². The molecule has 1 aromatic carbocycles. The first kappa shape index (κ1) is 17.8. The Morgan fingerprint density at radius 2 is 2.15 bits per heavy atom. The second-order valence-electron chi connectivity index (χ2n) is 7.12. The van der Waals surface area contributed by atoms with Crippen molar-refractivity contribution in [1.82, 2.24) is 9.97 Å². The van der Waals surface area contributed by atoms with Crippen LogP contribution in [-0.4, -0.2) is 41.3 Å². The molecule has 6 nitrogen and oxygen atoms in total. The summed E-state index contributed by atoms with van der Waals surface area (Å²) in [6.07, 6.45) is 4.56. The third-order valence-corrected chi connectivity index (χ3v) is 5.41. The summed E-state index contributed by atoms with van der Waals surface area (Å²) in [7, 11) is 2.04. The highest BCUT2D eigenvalue weighted by atomic mass is 16.3. The summed E-state index contributed by atoms with van der Waals surface area (Å²) in [6.45, 7) is 3.93. The average Bonchev–Trinajstić information content (AvgIpc) is 3.32. The first-order valence-corrected chi connectivity index (χ1v) is 9.61. The number of nitrogens with zero attached hydrogens (tertiary/aromatic N) is 4. The molecule has 3 aromatic rings. The Balaban J connectivity index is 1.61. The molecule has 2 aromatic heterocycles. The van der Waals surface area contributed by atoms with E-state index in [4.69, 9.17) is 4.42 Å². The maximum Gasteiger partial charge on any atom is 0.134 e. The van der Waals surface area contributed by atoms with Crippen molar-refractivity contribution in [3.8, 4) is 0 Å². The Morgan fingerprint density at radius 1 is 1.30 bits per heavy atom. The van der Waals surface area contributed by atoms with Gasteiger partial charge in [-0.25, -0.2) is 9.97 Å². The van der Waals surface area contributed by atoms with Crippen LogP contribution in [0.1, 0.15) is 31.1 Å². The predicted octanol–water partition coefficient (Wildman–Crippen LogP) is 3.38. The summed E-state index contributed by atoms with van der Waals surface area (Å²) in [5.74, 6) is 2.78. The number of anilines is 2. The standard InChI is InChI=1S/C21H26N4O2/c1-3-18-17(16-8-4-5-9-19(16)27-18)12-24(2)20-11-21(23-14-22-20)25-10-6-7-15(25)13-26/h4-5,8-9,11,14-15,26H,3,6-7,10,12-13H2,1-2H3/t15-/m1/s1. The number of benzene rings is 1. The topological polar surface area (TPSA) is 65.6 Å². The van der Waals surface area contributed by atoms with Crippen molar-refractivity contribution in [2.24, 2.45) is 0 Å². The van der Waals surface area contributed by atoms with Crippen LogP contribution in [0.3, 0.4) is 0 Å². The fourth-order valence-corrected chi connectivity index (χ4v) is 3.96. The number of aliphatic hydroxyl groups is 1. The number of aromatic nitrogens is 2. The van der Waals surface area contributed by atoms with Crippen LogP contribution >= 0.6 is 0 Å². The molecule has 0 aliphatic carbocycles. The highest BCUT2D eigenvalue weighted by Crippen LogP contribution is 2.30. The molecular formula is C21H26N4O2. The highest BCUT2D eigenvalue weighted by molar-refractivity contribution is 5.82. The fraction of sp³-hybridized carbons (Fsp3) is 0.429. The number of rotatable bonds is 6. The van der Waals surface area contributed by atoms with E-state index in [1.54, 1.807) is 6.33 Å². The van der Waals surface area contributed by atoms with E-state index < -0.39 is 0 Å². The Morgan fingerprint density at radius 3 is 2.96 bits per heavy atom. The third-order valence-electron chi connectivity index (χ3n) is 5.41. The molecule has 0 spiro atoms. The lowest BCUT2D eigenvalue weighted by Gasteiger charge is -2.25. The van der Waals surface area contributed by atoms with E-state index in [0.717, 1.165) is 60.7 Å². The first-order chi connectivity index (χ1) is 13.2. The second-order valence-corrected chi connectivity index (χ2v) is 7.12. The zero-order chi connectivity index (χ0) is 18.8. The van der Waals surface area contributed by atoms with Crippen molar-refractivity contribution in [2.45, 2.75) is 38.8 Å². The van der Waals surface area contributed by atoms with E-state index in [9.17, 15) is 5.11 Å². The Hall–Kier alpha value is -2.60. The lowest BCUT2D eigenvalue weighted by atomic mass is 10.1. The van der Waals surface area contributed by atoms with E-state index in [1.807, 2.05) is 31.3 Å². The van der Waals surface area contributed by atoms with Crippen molar-refractivity contribution in [3.05, 3.63) is 48.0 Å². The first-order valence-electron chi connectivity index (χ1n) is 9.61. The number of hydrogen-bond donors (Lipinski definition) is 1. The molecule has 0 amide bonds. The summed E-state index contributed by atoms with van der Waals surface area (Å²) in [5.41, 5.74) is 2.15. The molecule has 3 heterocycles. The number of aliphatic hydroxyl groups excluding tert-OH is 1. The predicted molar refractivity (Wildman–Crippen MR) is 107 cm³/mol. The van der Waals surface area contributed by atoms with Crippen molar-refractivity contribution < 1.29 is 9.52 Å². The lowest BCUT2D eigenvalue weighted by Crippen LogP contribution is -2.33. The number of fused-ring (bicyclic) bond motifs is 1. The Bertz CT molecular complexity index is 923. The molecular weight excluding hydrogens is 340 g/mol. The van der Waals surface area contributed by atoms with Crippen molar-refractivity contribution in [2.75, 3.05) is 30.0 Å². The van der Waals surface area contributed by atoms with Gasteiger partial charge in [0, 0.05) is 43.6 Å². The molecule has 1 N–H and O–H groups in total. The average molecular weight is 366 g/mol. The number of aryl methyl sites for hydroxylation is 1. The summed E-state index contributed by atoms with van der Waals surface area (Å²) in [4.78, 5) is 13.2. The molecule has 1 aliphatic heterocycles. The quantitative estimate of drug-likeness (QED) is 0.721. The van der Waals surface area contributed by atoms with E-state index in [1.165, 1.54) is 5.56 Å². The maximum absolute atomic E-state index is 9.60. The number of para-hydroxylation sites is 1. The summed E-state index contributed by atoms with van der Waals surface area (Å²) in [5, 5.41) is 10.8. The zero-order valence-electron chi connectivity index (χ0n) is 15.9. The van der Waals surface area contributed by atoms with Crippen LogP contribution in [0, 0.1) is 0 Å². The summed E-state index contributed by atoms with van der Waals surface area (Å²) in [6, 6.07) is 10.4. The van der Waals surface area contributed by atoms with Crippen LogP contribution in [-0.2, 0) is 13.0 Å². The molecule has 142 valence electrons. The van der Waals surface area contributed by atoms with Crippen molar-refractivity contribution in [3.63, 3.8) is 0 Å². The van der Waals surface area contributed by atoms with Gasteiger partial charge in [-0.3, -0.25) is 0 Å².